The summed E-state index contributed by atoms with van der Waals surface area (Å²) < 4.78 is 14.2. The first-order valence-corrected chi connectivity index (χ1v) is 11.3. The second-order valence-electron chi connectivity index (χ2n) is 8.50. The number of fused-ring (bicyclic) bond motifs is 3. The van der Waals surface area contributed by atoms with E-state index in [4.69, 9.17) is 4.98 Å². The quantitative estimate of drug-likeness (QED) is 0.644. The smallest absolute Gasteiger partial charge is 0.267 e. The Kier molecular flexibility index (Phi) is 5.85. The van der Waals surface area contributed by atoms with E-state index in [-0.39, 0.29) is 30.4 Å². The highest BCUT2D eigenvalue weighted by atomic mass is 19.1. The Labute approximate surface area is 190 Å². The van der Waals surface area contributed by atoms with Crippen molar-refractivity contribution >= 4 is 11.9 Å². The van der Waals surface area contributed by atoms with Crippen molar-refractivity contribution in [2.45, 2.75) is 45.2 Å². The normalized spacial score (nSPS) is 15.0. The monoisotopic (exact) mass is 448 g/mol. The zero-order valence-electron chi connectivity index (χ0n) is 18.3. The number of amides is 1. The van der Waals surface area contributed by atoms with Gasteiger partial charge in [0.15, 0.2) is 0 Å². The fourth-order valence-corrected chi connectivity index (χ4v) is 4.35. The van der Waals surface area contributed by atoms with Crippen LogP contribution in [0.2, 0.25) is 0 Å². The van der Waals surface area contributed by atoms with E-state index in [1.807, 2.05) is 0 Å². The molecule has 5 rings (SSSR count). The second kappa shape index (κ2) is 9.09. The van der Waals surface area contributed by atoms with Gasteiger partial charge in [0.25, 0.3) is 5.56 Å². The molecule has 2 aromatic heterocycles. The summed E-state index contributed by atoms with van der Waals surface area (Å²) in [5.41, 5.74) is 3.71. The van der Waals surface area contributed by atoms with Gasteiger partial charge in [0.1, 0.15) is 12.4 Å². The zero-order chi connectivity index (χ0) is 22.8. The predicted octanol–water partition coefficient (Wildman–Crippen LogP) is 2.24. The van der Waals surface area contributed by atoms with Crippen molar-refractivity contribution in [3.05, 3.63) is 69.5 Å². The molecule has 0 bridgehead atoms. The molecule has 1 aliphatic carbocycles. The molecule has 3 heterocycles. The van der Waals surface area contributed by atoms with Gasteiger partial charge in [0.05, 0.1) is 11.4 Å². The largest absolute Gasteiger partial charge is 0.350 e. The first kappa shape index (κ1) is 21.2. The molecule has 0 spiro atoms. The molecule has 3 aromatic rings. The van der Waals surface area contributed by atoms with Crippen LogP contribution in [0.1, 0.15) is 36.1 Å². The van der Waals surface area contributed by atoms with E-state index in [0.29, 0.717) is 12.1 Å². The van der Waals surface area contributed by atoms with Gasteiger partial charge in [0, 0.05) is 37.5 Å². The molecule has 0 atom stereocenters. The number of nitrogens with zero attached hydrogens (tertiary/aromatic N) is 5. The molecule has 1 amide bonds. The molecular weight excluding hydrogens is 423 g/mol. The van der Waals surface area contributed by atoms with Crippen LogP contribution in [-0.2, 0) is 30.7 Å². The maximum absolute atomic E-state index is 13.0. The van der Waals surface area contributed by atoms with Gasteiger partial charge in [-0.25, -0.2) is 19.0 Å². The first-order chi connectivity index (χ1) is 16.1. The summed E-state index contributed by atoms with van der Waals surface area (Å²) in [7, 11) is 0. The number of benzene rings is 1. The predicted molar refractivity (Wildman–Crippen MR) is 121 cm³/mol. The van der Waals surface area contributed by atoms with Crippen LogP contribution >= 0.6 is 0 Å². The van der Waals surface area contributed by atoms with Crippen LogP contribution in [0.4, 0.5) is 10.3 Å². The van der Waals surface area contributed by atoms with Gasteiger partial charge in [-0.05, 0) is 55.4 Å². The number of hydrogen-bond acceptors (Lipinski definition) is 6. The van der Waals surface area contributed by atoms with Crippen molar-refractivity contribution in [2.24, 2.45) is 0 Å². The van der Waals surface area contributed by atoms with Crippen LogP contribution in [0.5, 0.6) is 0 Å². The third-order valence-corrected chi connectivity index (χ3v) is 6.15. The lowest BCUT2D eigenvalue weighted by Crippen LogP contribution is -2.34. The number of aromatic nitrogens is 4. The standard InChI is InChI=1S/C24H25FN6O2/c25-18-7-4-16(5-8-18)13-26-21(32)15-31-22(33)12-17-6-9-20-19(23(17)29-31)14-27-24(28-20)30-10-2-1-3-11-30/h4-5,7-8,12,14H,1-3,6,9-11,13,15H2,(H,26,32). The Hall–Kier alpha value is -3.62. The summed E-state index contributed by atoms with van der Waals surface area (Å²) in [6, 6.07) is 7.44. The summed E-state index contributed by atoms with van der Waals surface area (Å²) in [6.45, 7) is 1.99. The van der Waals surface area contributed by atoms with Crippen molar-refractivity contribution in [1.82, 2.24) is 25.1 Å². The lowest BCUT2D eigenvalue weighted by atomic mass is 9.94. The van der Waals surface area contributed by atoms with Crippen LogP contribution in [0, 0.1) is 5.82 Å². The fourth-order valence-electron chi connectivity index (χ4n) is 4.35. The third kappa shape index (κ3) is 4.62. The van der Waals surface area contributed by atoms with Crippen LogP contribution in [0.25, 0.3) is 11.3 Å². The number of halogens is 1. The number of carbonyl (C=O) groups is 1. The van der Waals surface area contributed by atoms with E-state index in [1.54, 1.807) is 24.4 Å². The average Bonchev–Trinajstić information content (AvgIpc) is 2.84. The third-order valence-electron chi connectivity index (χ3n) is 6.15. The SMILES string of the molecule is O=C(Cn1nc2c(cc1=O)CCc1nc(N3CCCCC3)ncc1-2)NCc1ccc(F)cc1. The number of hydrogen-bond donors (Lipinski definition) is 1. The highest BCUT2D eigenvalue weighted by molar-refractivity contribution is 5.75. The Morgan fingerprint density at radius 2 is 1.88 bits per heavy atom. The van der Waals surface area contributed by atoms with Crippen LogP contribution < -0.4 is 15.8 Å². The fraction of sp³-hybridized carbons (Fsp3) is 0.375. The van der Waals surface area contributed by atoms with E-state index in [0.717, 1.165) is 60.7 Å². The summed E-state index contributed by atoms with van der Waals surface area (Å²) in [4.78, 5) is 36.6. The summed E-state index contributed by atoms with van der Waals surface area (Å²) >= 11 is 0. The molecule has 8 nitrogen and oxygen atoms in total. The Morgan fingerprint density at radius 3 is 2.67 bits per heavy atom. The van der Waals surface area contributed by atoms with Gasteiger partial charge >= 0.3 is 0 Å². The highest BCUT2D eigenvalue weighted by Gasteiger charge is 2.23. The molecule has 0 unspecified atom stereocenters. The second-order valence-corrected chi connectivity index (χ2v) is 8.50. The van der Waals surface area contributed by atoms with Gasteiger partial charge in [-0.3, -0.25) is 9.59 Å². The van der Waals surface area contributed by atoms with Crippen LogP contribution in [0.3, 0.4) is 0 Å². The van der Waals surface area contributed by atoms with Gasteiger partial charge in [-0.15, -0.1) is 0 Å². The van der Waals surface area contributed by atoms with Crippen molar-refractivity contribution < 1.29 is 9.18 Å². The summed E-state index contributed by atoms with van der Waals surface area (Å²) in [6.07, 6.45) is 6.75. The minimum Gasteiger partial charge on any atom is -0.350 e. The highest BCUT2D eigenvalue weighted by Crippen LogP contribution is 2.30. The molecule has 1 N–H and O–H groups in total. The molecule has 1 fully saturated rings. The number of nitrogens with one attached hydrogen (secondary N) is 1. The number of carbonyl (C=O) groups excluding carboxylic acids is 1. The van der Waals surface area contributed by atoms with E-state index >= 15 is 0 Å². The van der Waals surface area contributed by atoms with E-state index < -0.39 is 0 Å². The van der Waals surface area contributed by atoms with Gasteiger partial charge in [-0.2, -0.15) is 5.10 Å². The molecule has 2 aliphatic rings. The zero-order valence-corrected chi connectivity index (χ0v) is 18.3. The molecule has 9 heteroatoms. The minimum atomic E-state index is -0.346. The summed E-state index contributed by atoms with van der Waals surface area (Å²) in [5.74, 6) is 0.0780. The van der Waals surface area contributed by atoms with E-state index in [2.05, 4.69) is 20.3 Å². The molecule has 0 saturated carbocycles. The van der Waals surface area contributed by atoms with Crippen LogP contribution in [-0.4, -0.2) is 38.7 Å². The first-order valence-electron chi connectivity index (χ1n) is 11.3. The molecule has 1 saturated heterocycles. The van der Waals surface area contributed by atoms with Crippen molar-refractivity contribution in [3.63, 3.8) is 0 Å². The Morgan fingerprint density at radius 1 is 1.09 bits per heavy atom. The van der Waals surface area contributed by atoms with Crippen LogP contribution in [0.15, 0.2) is 41.3 Å². The van der Waals surface area contributed by atoms with Gasteiger partial charge in [0.2, 0.25) is 11.9 Å². The van der Waals surface area contributed by atoms with Crippen molar-refractivity contribution in [3.8, 4) is 11.3 Å². The minimum absolute atomic E-state index is 0.199. The maximum Gasteiger partial charge on any atom is 0.267 e. The molecule has 170 valence electrons. The van der Waals surface area contributed by atoms with Gasteiger partial charge in [-0.1, -0.05) is 12.1 Å². The number of rotatable bonds is 5. The summed E-state index contributed by atoms with van der Waals surface area (Å²) in [5, 5.41) is 7.25. The Balaban J connectivity index is 1.34. The topological polar surface area (TPSA) is 93.0 Å². The van der Waals surface area contributed by atoms with E-state index in [9.17, 15) is 14.0 Å². The number of piperidine rings is 1. The molecule has 0 radical (unpaired) electrons. The lowest BCUT2D eigenvalue weighted by Gasteiger charge is -2.28. The Bertz CT molecular complexity index is 1230. The molecule has 1 aliphatic heterocycles. The maximum atomic E-state index is 13.0. The number of aryl methyl sites for hydroxylation is 2. The lowest BCUT2D eigenvalue weighted by molar-refractivity contribution is -0.122. The molecule has 1 aromatic carbocycles. The van der Waals surface area contributed by atoms with Crippen molar-refractivity contribution in [1.29, 1.82) is 0 Å². The van der Waals surface area contributed by atoms with E-state index in [1.165, 1.54) is 23.2 Å². The van der Waals surface area contributed by atoms with Crippen molar-refractivity contribution in [2.75, 3.05) is 18.0 Å². The number of anilines is 1. The molecule has 33 heavy (non-hydrogen) atoms. The average molecular weight is 449 g/mol. The van der Waals surface area contributed by atoms with Gasteiger partial charge < -0.3 is 10.2 Å². The molecular formula is C24H25FN6O2.